The molecular formula is C20H22N2O4. The van der Waals surface area contributed by atoms with Crippen molar-refractivity contribution in [2.45, 2.75) is 31.8 Å². The van der Waals surface area contributed by atoms with Crippen LogP contribution in [0.2, 0.25) is 0 Å². The van der Waals surface area contributed by atoms with Crippen LogP contribution in [0.4, 0.5) is 0 Å². The number of carboxylic acid groups (broad SMARTS) is 1. The third-order valence-electron chi connectivity index (χ3n) is 5.09. The van der Waals surface area contributed by atoms with E-state index in [0.29, 0.717) is 25.0 Å². The topological polar surface area (TPSA) is 77.9 Å². The Balaban J connectivity index is 1.80. The van der Waals surface area contributed by atoms with E-state index in [4.69, 9.17) is 0 Å². The minimum absolute atomic E-state index is 0.0991. The molecule has 0 aromatic heterocycles. The zero-order valence-corrected chi connectivity index (χ0v) is 14.7. The lowest BCUT2D eigenvalue weighted by Gasteiger charge is -2.38. The predicted octanol–water partition coefficient (Wildman–Crippen LogP) is 1.85. The molecule has 2 atom stereocenters. The summed E-state index contributed by atoms with van der Waals surface area (Å²) < 4.78 is 0. The van der Waals surface area contributed by atoms with Gasteiger partial charge in [-0.1, -0.05) is 36.9 Å². The predicted molar refractivity (Wildman–Crippen MR) is 97.2 cm³/mol. The summed E-state index contributed by atoms with van der Waals surface area (Å²) in [4.78, 5) is 39.6. The Kier molecular flexibility index (Phi) is 4.93. The van der Waals surface area contributed by atoms with Crippen molar-refractivity contribution in [2.75, 3.05) is 13.1 Å². The maximum atomic E-state index is 12.9. The van der Waals surface area contributed by atoms with Crippen molar-refractivity contribution in [3.05, 3.63) is 53.6 Å². The van der Waals surface area contributed by atoms with Crippen LogP contribution >= 0.6 is 0 Å². The van der Waals surface area contributed by atoms with Crippen LogP contribution in [0.5, 0.6) is 0 Å². The number of hydrogen-bond donors (Lipinski definition) is 1. The molecule has 2 amide bonds. The first kappa shape index (κ1) is 17.9. The van der Waals surface area contributed by atoms with Crippen molar-refractivity contribution in [3.63, 3.8) is 0 Å². The number of piperazine rings is 1. The second kappa shape index (κ2) is 7.15. The average molecular weight is 354 g/mol. The minimum Gasteiger partial charge on any atom is -0.480 e. The average Bonchev–Trinajstić information content (AvgIpc) is 3.05. The number of rotatable bonds is 4. The Labute approximate surface area is 152 Å². The summed E-state index contributed by atoms with van der Waals surface area (Å²) in [5.41, 5.74) is 2.39. The monoisotopic (exact) mass is 354 g/mol. The van der Waals surface area contributed by atoms with Gasteiger partial charge in [-0.2, -0.15) is 0 Å². The molecule has 2 heterocycles. The van der Waals surface area contributed by atoms with Crippen LogP contribution in [-0.4, -0.2) is 57.9 Å². The molecule has 2 aliphatic heterocycles. The van der Waals surface area contributed by atoms with Gasteiger partial charge in [-0.3, -0.25) is 9.59 Å². The number of nitrogens with zero attached hydrogens (tertiary/aromatic N) is 2. The number of amides is 2. The van der Waals surface area contributed by atoms with Crippen LogP contribution in [0.25, 0.3) is 6.08 Å². The number of benzene rings is 1. The van der Waals surface area contributed by atoms with E-state index < -0.39 is 12.0 Å². The molecule has 0 saturated carbocycles. The van der Waals surface area contributed by atoms with Crippen molar-refractivity contribution in [3.8, 4) is 0 Å². The summed E-state index contributed by atoms with van der Waals surface area (Å²) in [5, 5.41) is 9.26. The second-order valence-electron chi connectivity index (χ2n) is 6.73. The highest BCUT2D eigenvalue weighted by Gasteiger charge is 2.45. The first-order chi connectivity index (χ1) is 12.4. The maximum absolute atomic E-state index is 12.9. The minimum atomic E-state index is -0.980. The molecule has 2 saturated heterocycles. The van der Waals surface area contributed by atoms with Crippen molar-refractivity contribution in [1.29, 1.82) is 0 Å². The van der Waals surface area contributed by atoms with Gasteiger partial charge in [0.2, 0.25) is 5.91 Å². The van der Waals surface area contributed by atoms with Gasteiger partial charge in [0, 0.05) is 12.1 Å². The van der Waals surface area contributed by atoms with E-state index in [0.717, 1.165) is 11.1 Å². The van der Waals surface area contributed by atoms with Gasteiger partial charge in [0.15, 0.2) is 0 Å². The Hall–Kier alpha value is -2.89. The number of aryl methyl sites for hydroxylation is 1. The van der Waals surface area contributed by atoms with Gasteiger partial charge in [-0.25, -0.2) is 4.79 Å². The fraction of sp³-hybridized carbons (Fsp3) is 0.350. The zero-order chi connectivity index (χ0) is 18.8. The van der Waals surface area contributed by atoms with E-state index in [2.05, 4.69) is 6.58 Å². The molecule has 2 fully saturated rings. The molecule has 0 bridgehead atoms. The fourth-order valence-electron chi connectivity index (χ4n) is 3.71. The molecule has 1 N–H and O–H groups in total. The molecule has 3 rings (SSSR count). The number of carbonyl (C=O) groups is 3. The van der Waals surface area contributed by atoms with E-state index in [9.17, 15) is 19.5 Å². The Morgan fingerprint density at radius 3 is 2.65 bits per heavy atom. The molecule has 0 aliphatic carbocycles. The molecule has 6 nitrogen and oxygen atoms in total. The maximum Gasteiger partial charge on any atom is 0.326 e. The van der Waals surface area contributed by atoms with Crippen LogP contribution in [0.15, 0.2) is 42.5 Å². The Morgan fingerprint density at radius 1 is 1.27 bits per heavy atom. The fourth-order valence-corrected chi connectivity index (χ4v) is 3.71. The summed E-state index contributed by atoms with van der Waals surface area (Å²) in [6, 6.07) is 6.71. The van der Waals surface area contributed by atoms with E-state index in [-0.39, 0.29) is 24.4 Å². The zero-order valence-electron chi connectivity index (χ0n) is 14.7. The molecule has 1 aromatic rings. The van der Waals surface area contributed by atoms with E-state index in [1.54, 1.807) is 6.08 Å². The summed E-state index contributed by atoms with van der Waals surface area (Å²) >= 11 is 0. The summed E-state index contributed by atoms with van der Waals surface area (Å²) in [5.74, 6) is -1.54. The highest BCUT2D eigenvalue weighted by molar-refractivity contribution is 6.02. The first-order valence-electron chi connectivity index (χ1n) is 8.65. The smallest absolute Gasteiger partial charge is 0.326 e. The summed E-state index contributed by atoms with van der Waals surface area (Å²) in [6.07, 6.45) is 4.30. The molecule has 0 radical (unpaired) electrons. The quantitative estimate of drug-likeness (QED) is 0.661. The van der Waals surface area contributed by atoms with Crippen molar-refractivity contribution >= 4 is 23.9 Å². The third-order valence-corrected chi connectivity index (χ3v) is 5.09. The second-order valence-corrected chi connectivity index (χ2v) is 6.73. The van der Waals surface area contributed by atoms with Crippen molar-refractivity contribution < 1.29 is 19.5 Å². The van der Waals surface area contributed by atoms with Gasteiger partial charge in [-0.05, 0) is 37.0 Å². The molecule has 136 valence electrons. The van der Waals surface area contributed by atoms with Gasteiger partial charge in [-0.15, -0.1) is 0 Å². The van der Waals surface area contributed by atoms with Crippen LogP contribution in [0, 0.1) is 6.92 Å². The highest BCUT2D eigenvalue weighted by Crippen LogP contribution is 2.29. The highest BCUT2D eigenvalue weighted by atomic mass is 16.4. The van der Waals surface area contributed by atoms with Crippen LogP contribution in [0.1, 0.15) is 24.0 Å². The number of carbonyl (C=O) groups excluding carboxylic acids is 2. The van der Waals surface area contributed by atoms with E-state index in [1.807, 2.05) is 31.2 Å². The lowest BCUT2D eigenvalue weighted by atomic mass is 10.0. The number of aliphatic carboxylic acids is 1. The normalized spacial score (nSPS) is 23.0. The van der Waals surface area contributed by atoms with Gasteiger partial charge in [0.05, 0.1) is 6.04 Å². The van der Waals surface area contributed by atoms with E-state index in [1.165, 1.54) is 15.9 Å². The summed E-state index contributed by atoms with van der Waals surface area (Å²) in [6.45, 7) is 5.95. The molecule has 26 heavy (non-hydrogen) atoms. The molecule has 0 spiro atoms. The summed E-state index contributed by atoms with van der Waals surface area (Å²) in [7, 11) is 0. The molecule has 6 heteroatoms. The number of fused-ring (bicyclic) bond motifs is 1. The number of carboxylic acids is 1. The lowest BCUT2D eigenvalue weighted by molar-refractivity contribution is -0.154. The number of hydrogen-bond acceptors (Lipinski definition) is 3. The van der Waals surface area contributed by atoms with Crippen LogP contribution in [0.3, 0.4) is 0 Å². The van der Waals surface area contributed by atoms with Crippen LogP contribution < -0.4 is 0 Å². The van der Waals surface area contributed by atoms with Crippen molar-refractivity contribution in [1.82, 2.24) is 9.80 Å². The van der Waals surface area contributed by atoms with Gasteiger partial charge in [0.25, 0.3) is 5.91 Å². The molecule has 2 aliphatic rings. The van der Waals surface area contributed by atoms with Gasteiger partial charge < -0.3 is 14.9 Å². The van der Waals surface area contributed by atoms with Crippen LogP contribution in [-0.2, 0) is 14.4 Å². The molecule has 1 aromatic carbocycles. The van der Waals surface area contributed by atoms with Gasteiger partial charge >= 0.3 is 5.97 Å². The van der Waals surface area contributed by atoms with Crippen molar-refractivity contribution in [2.24, 2.45) is 0 Å². The molecule has 2 unspecified atom stereocenters. The Morgan fingerprint density at radius 2 is 2.00 bits per heavy atom. The SMILES string of the molecule is C=C/C(=C\c1ccccc1C)C(=O)N1CC(=O)N2C(CCC2C(=O)O)C1. The lowest BCUT2D eigenvalue weighted by Crippen LogP contribution is -2.58. The van der Waals surface area contributed by atoms with E-state index >= 15 is 0 Å². The standard InChI is InChI=1S/C20H22N2O4/c1-3-14(10-15-7-5-4-6-13(15)2)19(24)21-11-16-8-9-17(20(25)26)22(16)18(23)12-21/h3-7,10,16-17H,1,8-9,11-12H2,2H3,(H,25,26)/b14-10+. The Bertz CT molecular complexity index is 799. The molecular weight excluding hydrogens is 332 g/mol. The van der Waals surface area contributed by atoms with Gasteiger partial charge in [0.1, 0.15) is 12.6 Å². The first-order valence-corrected chi connectivity index (χ1v) is 8.65. The third kappa shape index (κ3) is 3.27. The largest absolute Gasteiger partial charge is 0.480 e.